The molecule has 1 saturated heterocycles. The van der Waals surface area contributed by atoms with Crippen LogP contribution < -0.4 is 0 Å². The van der Waals surface area contributed by atoms with Crippen LogP contribution in [0.3, 0.4) is 0 Å². The monoisotopic (exact) mass is 428 g/mol. The van der Waals surface area contributed by atoms with E-state index < -0.39 is 16.1 Å². The molecule has 0 saturated carbocycles. The lowest BCUT2D eigenvalue weighted by Crippen LogP contribution is -2.49. The highest BCUT2D eigenvalue weighted by Crippen LogP contribution is 2.31. The third-order valence-corrected chi connectivity index (χ3v) is 8.25. The van der Waals surface area contributed by atoms with Crippen LogP contribution >= 0.6 is 11.7 Å². The van der Waals surface area contributed by atoms with E-state index in [1.807, 2.05) is 18.2 Å². The summed E-state index contributed by atoms with van der Waals surface area (Å²) < 4.78 is 36.5. The number of rotatable bonds is 3. The van der Waals surface area contributed by atoms with Crippen molar-refractivity contribution in [2.75, 3.05) is 13.1 Å². The van der Waals surface area contributed by atoms with E-state index >= 15 is 0 Å². The van der Waals surface area contributed by atoms with Gasteiger partial charge in [0.25, 0.3) is 0 Å². The Labute approximate surface area is 173 Å². The SMILES string of the molecule is O=C([C@@H]1CCCN1S(=O)(=O)c1cccc2nsnc12)N1CCc2ccccc2C1. The van der Waals surface area contributed by atoms with Gasteiger partial charge in [-0.25, -0.2) is 8.42 Å². The molecule has 3 aromatic rings. The molecule has 0 N–H and O–H groups in total. The van der Waals surface area contributed by atoms with Gasteiger partial charge in [0, 0.05) is 19.6 Å². The topological polar surface area (TPSA) is 83.5 Å². The zero-order chi connectivity index (χ0) is 20.0. The zero-order valence-corrected chi connectivity index (χ0v) is 17.3. The van der Waals surface area contributed by atoms with Crippen molar-refractivity contribution >= 4 is 38.7 Å². The van der Waals surface area contributed by atoms with Gasteiger partial charge in [-0.1, -0.05) is 30.3 Å². The van der Waals surface area contributed by atoms with Crippen LogP contribution in [0.1, 0.15) is 24.0 Å². The van der Waals surface area contributed by atoms with Gasteiger partial charge in [0.2, 0.25) is 15.9 Å². The van der Waals surface area contributed by atoms with Crippen molar-refractivity contribution in [3.8, 4) is 0 Å². The second-order valence-electron chi connectivity index (χ2n) is 7.44. The van der Waals surface area contributed by atoms with Gasteiger partial charge in [-0.05, 0) is 42.5 Å². The van der Waals surface area contributed by atoms with Crippen LogP contribution in [0.25, 0.3) is 11.0 Å². The maximum atomic E-state index is 13.4. The Bertz CT molecular complexity index is 1190. The third kappa shape index (κ3) is 3.13. The minimum atomic E-state index is -3.84. The van der Waals surface area contributed by atoms with Crippen LogP contribution in [0.15, 0.2) is 47.4 Å². The maximum absolute atomic E-state index is 13.4. The molecule has 1 aromatic heterocycles. The van der Waals surface area contributed by atoms with E-state index in [0.717, 1.165) is 23.7 Å². The van der Waals surface area contributed by atoms with Gasteiger partial charge in [0.05, 0.1) is 11.7 Å². The molecule has 29 heavy (non-hydrogen) atoms. The quantitative estimate of drug-likeness (QED) is 0.640. The van der Waals surface area contributed by atoms with E-state index in [9.17, 15) is 13.2 Å². The molecular weight excluding hydrogens is 408 g/mol. The van der Waals surface area contributed by atoms with E-state index in [0.29, 0.717) is 43.5 Å². The summed E-state index contributed by atoms with van der Waals surface area (Å²) in [5, 5.41) is 0. The fraction of sp³-hybridized carbons (Fsp3) is 0.350. The smallest absolute Gasteiger partial charge is 0.246 e. The van der Waals surface area contributed by atoms with Crippen molar-refractivity contribution in [2.24, 2.45) is 0 Å². The van der Waals surface area contributed by atoms with Crippen LogP contribution in [0.4, 0.5) is 0 Å². The van der Waals surface area contributed by atoms with E-state index in [1.54, 1.807) is 23.1 Å². The highest BCUT2D eigenvalue weighted by Gasteiger charge is 2.42. The number of benzene rings is 2. The van der Waals surface area contributed by atoms with Gasteiger partial charge >= 0.3 is 0 Å². The fourth-order valence-corrected chi connectivity index (χ4v) is 6.69. The largest absolute Gasteiger partial charge is 0.337 e. The summed E-state index contributed by atoms with van der Waals surface area (Å²) in [6.45, 7) is 1.49. The summed E-state index contributed by atoms with van der Waals surface area (Å²) in [5.41, 5.74) is 3.33. The fourth-order valence-electron chi connectivity index (χ4n) is 4.29. The second-order valence-corrected chi connectivity index (χ2v) is 9.83. The molecule has 0 unspecified atom stereocenters. The van der Waals surface area contributed by atoms with Gasteiger partial charge < -0.3 is 4.90 Å². The lowest BCUT2D eigenvalue weighted by Gasteiger charge is -2.33. The van der Waals surface area contributed by atoms with E-state index in [-0.39, 0.29) is 10.8 Å². The Morgan fingerprint density at radius 2 is 1.86 bits per heavy atom. The molecule has 2 aromatic carbocycles. The molecule has 1 amide bonds. The minimum absolute atomic E-state index is 0.107. The number of fused-ring (bicyclic) bond motifs is 2. The van der Waals surface area contributed by atoms with Crippen molar-refractivity contribution < 1.29 is 13.2 Å². The molecule has 1 atom stereocenters. The number of sulfonamides is 1. The van der Waals surface area contributed by atoms with Gasteiger partial charge in [-0.2, -0.15) is 13.1 Å². The minimum Gasteiger partial charge on any atom is -0.337 e. The van der Waals surface area contributed by atoms with E-state index in [2.05, 4.69) is 14.8 Å². The molecule has 9 heteroatoms. The first-order chi connectivity index (χ1) is 14.1. The lowest BCUT2D eigenvalue weighted by atomic mass is 9.99. The Morgan fingerprint density at radius 3 is 2.72 bits per heavy atom. The van der Waals surface area contributed by atoms with Crippen molar-refractivity contribution in [1.29, 1.82) is 0 Å². The number of carbonyl (C=O) groups is 1. The first-order valence-corrected chi connectivity index (χ1v) is 11.8. The lowest BCUT2D eigenvalue weighted by molar-refractivity contribution is -0.135. The predicted molar refractivity (Wildman–Crippen MR) is 110 cm³/mol. The molecule has 0 bridgehead atoms. The number of hydrogen-bond donors (Lipinski definition) is 0. The number of aromatic nitrogens is 2. The first-order valence-electron chi connectivity index (χ1n) is 9.64. The average Bonchev–Trinajstić information content (AvgIpc) is 3.42. The van der Waals surface area contributed by atoms with Gasteiger partial charge in [0.1, 0.15) is 22.0 Å². The normalized spacial score (nSPS) is 20.1. The maximum Gasteiger partial charge on any atom is 0.246 e. The van der Waals surface area contributed by atoms with Gasteiger partial charge in [-0.15, -0.1) is 0 Å². The van der Waals surface area contributed by atoms with Gasteiger partial charge in [-0.3, -0.25) is 4.79 Å². The summed E-state index contributed by atoms with van der Waals surface area (Å²) in [7, 11) is -3.84. The highest BCUT2D eigenvalue weighted by atomic mass is 32.2. The van der Waals surface area contributed by atoms with Crippen LogP contribution in [0.2, 0.25) is 0 Å². The van der Waals surface area contributed by atoms with Crippen molar-refractivity contribution in [1.82, 2.24) is 18.0 Å². The van der Waals surface area contributed by atoms with Crippen LogP contribution in [0, 0.1) is 0 Å². The molecule has 0 aliphatic carbocycles. The molecule has 7 nitrogen and oxygen atoms in total. The van der Waals surface area contributed by atoms with Crippen molar-refractivity contribution in [3.63, 3.8) is 0 Å². The van der Waals surface area contributed by atoms with Crippen molar-refractivity contribution in [2.45, 2.75) is 36.7 Å². The molecule has 150 valence electrons. The summed E-state index contributed by atoms with van der Waals surface area (Å²) in [5.74, 6) is -0.107. The van der Waals surface area contributed by atoms with Crippen LogP contribution in [-0.4, -0.2) is 51.4 Å². The zero-order valence-electron chi connectivity index (χ0n) is 15.7. The molecule has 5 rings (SSSR count). The standard InChI is InChI=1S/C20H20N4O3S2/c25-20(23-12-10-14-5-1-2-6-15(14)13-23)17-8-4-11-24(17)29(26,27)18-9-3-7-16-19(18)22-28-21-16/h1-3,5-7,9,17H,4,8,10-13H2/t17-/m0/s1. The Balaban J connectivity index is 1.44. The number of nitrogens with zero attached hydrogens (tertiary/aromatic N) is 4. The Hall–Kier alpha value is -2.36. The predicted octanol–water partition coefficient (Wildman–Crippen LogP) is 2.43. The summed E-state index contributed by atoms with van der Waals surface area (Å²) in [6, 6.07) is 12.4. The Kier molecular flexibility index (Phi) is 4.60. The highest BCUT2D eigenvalue weighted by molar-refractivity contribution is 7.89. The molecule has 0 spiro atoms. The number of amides is 1. The van der Waals surface area contributed by atoms with Crippen LogP contribution in [0.5, 0.6) is 0 Å². The van der Waals surface area contributed by atoms with E-state index in [1.165, 1.54) is 9.87 Å². The molecular formula is C20H20N4O3S2. The Morgan fingerprint density at radius 1 is 1.03 bits per heavy atom. The molecule has 1 fully saturated rings. The molecule has 2 aliphatic heterocycles. The number of hydrogen-bond acceptors (Lipinski definition) is 6. The number of carbonyl (C=O) groups excluding carboxylic acids is 1. The van der Waals surface area contributed by atoms with Gasteiger partial charge in [0.15, 0.2) is 0 Å². The summed E-state index contributed by atoms with van der Waals surface area (Å²) in [4.78, 5) is 15.2. The van der Waals surface area contributed by atoms with Crippen molar-refractivity contribution in [3.05, 3.63) is 53.6 Å². The average molecular weight is 429 g/mol. The molecule has 0 radical (unpaired) electrons. The van der Waals surface area contributed by atoms with E-state index in [4.69, 9.17) is 0 Å². The van der Waals surface area contributed by atoms with Crippen LogP contribution in [-0.2, 0) is 27.8 Å². The molecule has 2 aliphatic rings. The molecule has 3 heterocycles. The summed E-state index contributed by atoms with van der Waals surface area (Å²) in [6.07, 6.45) is 2.01. The third-order valence-electron chi connectivity index (χ3n) is 5.77. The first kappa shape index (κ1) is 18.7. The second kappa shape index (κ2) is 7.16. The summed E-state index contributed by atoms with van der Waals surface area (Å²) >= 11 is 0.991.